The quantitative estimate of drug-likeness (QED) is 0.533. The van der Waals surface area contributed by atoms with Crippen molar-refractivity contribution in [2.45, 2.75) is 52.4 Å². The highest BCUT2D eigenvalue weighted by molar-refractivity contribution is 7.28. The summed E-state index contributed by atoms with van der Waals surface area (Å²) in [5.74, 6) is 0.677. The molecule has 8 heteroatoms. The molecule has 1 N–H and O–H groups in total. The third kappa shape index (κ3) is 4.72. The molecule has 1 aliphatic heterocycles. The van der Waals surface area contributed by atoms with Crippen LogP contribution in [0.3, 0.4) is 0 Å². The van der Waals surface area contributed by atoms with E-state index in [0.29, 0.717) is 11.3 Å². The molecule has 2 unspecified atom stereocenters. The highest BCUT2D eigenvalue weighted by Gasteiger charge is 2.32. The number of alkyl halides is 3. The lowest BCUT2D eigenvalue weighted by Gasteiger charge is -2.25. The molecule has 0 aromatic carbocycles. The lowest BCUT2D eigenvalue weighted by molar-refractivity contribution is -0.0877. The summed E-state index contributed by atoms with van der Waals surface area (Å²) in [5.41, 5.74) is 2.32. The van der Waals surface area contributed by atoms with Gasteiger partial charge in [0.25, 0.3) is 0 Å². The molecule has 4 nitrogen and oxygen atoms in total. The first-order chi connectivity index (χ1) is 13.6. The van der Waals surface area contributed by atoms with Crippen molar-refractivity contribution in [3.05, 3.63) is 53.5 Å². The number of nitrogens with one attached hydrogen (secondary N) is 1. The molecule has 2 atom stereocenters. The second kappa shape index (κ2) is 8.31. The normalized spacial score (nSPS) is 17.4. The first-order valence-corrected chi connectivity index (χ1v) is 10.2. The highest BCUT2D eigenvalue weighted by atomic mass is 31.0. The molecule has 2 aromatic heterocycles. The van der Waals surface area contributed by atoms with Crippen LogP contribution in [0.5, 0.6) is 0 Å². The summed E-state index contributed by atoms with van der Waals surface area (Å²) in [6.45, 7) is 9.67. The van der Waals surface area contributed by atoms with Crippen molar-refractivity contribution in [2.75, 3.05) is 5.32 Å². The molecular formula is C21H26F3N4P. The summed E-state index contributed by atoms with van der Waals surface area (Å²) in [6.07, 6.45) is 0.264. The number of rotatable bonds is 5. The van der Waals surface area contributed by atoms with E-state index in [2.05, 4.69) is 31.2 Å². The minimum absolute atomic E-state index is 0.00201. The number of anilines is 1. The number of hydrogen-bond donors (Lipinski definition) is 1. The van der Waals surface area contributed by atoms with E-state index >= 15 is 0 Å². The van der Waals surface area contributed by atoms with Crippen molar-refractivity contribution in [1.29, 1.82) is 0 Å². The van der Waals surface area contributed by atoms with E-state index in [-0.39, 0.29) is 12.0 Å². The maximum Gasteiger partial charge on any atom is 0.415 e. The zero-order chi connectivity index (χ0) is 21.3. The average molecular weight is 422 g/mol. The summed E-state index contributed by atoms with van der Waals surface area (Å²) in [7, 11) is 2.71. The van der Waals surface area contributed by atoms with Crippen LogP contribution < -0.4 is 10.6 Å². The van der Waals surface area contributed by atoms with Crippen LogP contribution in [0, 0.1) is 12.8 Å². The fourth-order valence-electron chi connectivity index (χ4n) is 3.43. The monoisotopic (exact) mass is 422 g/mol. The van der Waals surface area contributed by atoms with Crippen LogP contribution in [-0.4, -0.2) is 20.9 Å². The third-order valence-corrected chi connectivity index (χ3v) is 5.89. The van der Waals surface area contributed by atoms with Gasteiger partial charge in [0, 0.05) is 23.6 Å². The Bertz CT molecular complexity index is 944. The number of aryl methyl sites for hydroxylation is 2. The largest absolute Gasteiger partial charge is 0.415 e. The van der Waals surface area contributed by atoms with Crippen LogP contribution in [0.15, 0.2) is 36.6 Å². The Morgan fingerprint density at radius 1 is 1.41 bits per heavy atom. The summed E-state index contributed by atoms with van der Waals surface area (Å²) < 4.78 is 40.9. The minimum atomic E-state index is -4.45. The third-order valence-electron chi connectivity index (χ3n) is 5.16. The molecule has 29 heavy (non-hydrogen) atoms. The Hall–Kier alpha value is -2.14. The van der Waals surface area contributed by atoms with Crippen molar-refractivity contribution >= 4 is 25.9 Å². The van der Waals surface area contributed by atoms with E-state index < -0.39 is 11.7 Å². The molecule has 0 saturated carbocycles. The van der Waals surface area contributed by atoms with Crippen LogP contribution in [0.25, 0.3) is 5.57 Å². The average Bonchev–Trinajstić information content (AvgIpc) is 3.07. The van der Waals surface area contributed by atoms with Gasteiger partial charge in [0.05, 0.1) is 17.4 Å². The Labute approximate surface area is 171 Å². The molecule has 0 fully saturated rings. The van der Waals surface area contributed by atoms with E-state index in [1.54, 1.807) is 6.20 Å². The molecule has 0 spiro atoms. The van der Waals surface area contributed by atoms with Crippen LogP contribution >= 0.6 is 9.24 Å². The van der Waals surface area contributed by atoms with Gasteiger partial charge in [0.15, 0.2) is 0 Å². The Morgan fingerprint density at radius 3 is 2.79 bits per heavy atom. The minimum Gasteiger partial charge on any atom is -0.361 e. The van der Waals surface area contributed by atoms with Crippen molar-refractivity contribution in [3.63, 3.8) is 0 Å². The Kier molecular flexibility index (Phi) is 6.18. The van der Waals surface area contributed by atoms with Crippen LogP contribution in [0.2, 0.25) is 0 Å². The van der Waals surface area contributed by atoms with E-state index in [9.17, 15) is 13.2 Å². The lowest BCUT2D eigenvalue weighted by atomic mass is 9.96. The van der Waals surface area contributed by atoms with E-state index in [1.165, 1.54) is 0 Å². The lowest BCUT2D eigenvalue weighted by Crippen LogP contribution is -2.24. The predicted molar refractivity (Wildman–Crippen MR) is 114 cm³/mol. The number of halogens is 3. The van der Waals surface area contributed by atoms with Gasteiger partial charge < -0.3 is 5.32 Å². The molecule has 0 saturated heterocycles. The maximum atomic E-state index is 13.0. The second-order valence-electron chi connectivity index (χ2n) is 7.68. The van der Waals surface area contributed by atoms with Crippen LogP contribution in [0.4, 0.5) is 19.0 Å². The van der Waals surface area contributed by atoms with Crippen molar-refractivity contribution in [1.82, 2.24) is 14.8 Å². The van der Waals surface area contributed by atoms with Gasteiger partial charge in [0.1, 0.15) is 5.82 Å². The fraction of sp³-hybridized carbons (Fsp3) is 0.429. The van der Waals surface area contributed by atoms with E-state index in [1.807, 2.05) is 37.6 Å². The summed E-state index contributed by atoms with van der Waals surface area (Å²) in [6, 6.07) is 3.84. The van der Waals surface area contributed by atoms with Gasteiger partial charge in [-0.15, -0.1) is 9.24 Å². The molecule has 0 aliphatic carbocycles. The SMILES string of the molecule is C=C(/C=C(/c1cc2n(n1)CCCC2Nc1nccc(C)c1P)C(C)C)C(F)(F)F. The maximum absolute atomic E-state index is 13.0. The Morgan fingerprint density at radius 2 is 2.14 bits per heavy atom. The number of nitrogens with zero attached hydrogens (tertiary/aromatic N) is 3. The smallest absolute Gasteiger partial charge is 0.361 e. The first kappa shape index (κ1) is 21.6. The second-order valence-corrected chi connectivity index (χ2v) is 8.26. The number of hydrogen-bond acceptors (Lipinski definition) is 3. The molecule has 0 bridgehead atoms. The first-order valence-electron chi connectivity index (χ1n) is 9.61. The van der Waals surface area contributed by atoms with E-state index in [0.717, 1.165) is 47.8 Å². The standard InChI is InChI=1S/C21H26F3N4P/c1-12(2)15(10-14(4)21(22,23)24)17-11-18-16(6-5-9-28(18)27-17)26-20-19(29)13(3)7-8-25-20/h7-8,10-12,16H,4-6,9,29H2,1-3H3,(H,25,26)/b15-10+. The zero-order valence-corrected chi connectivity index (χ0v) is 18.0. The number of fused-ring (bicyclic) bond motifs is 1. The van der Waals surface area contributed by atoms with Crippen molar-refractivity contribution in [2.24, 2.45) is 5.92 Å². The highest BCUT2D eigenvalue weighted by Crippen LogP contribution is 2.34. The molecular weight excluding hydrogens is 396 g/mol. The topological polar surface area (TPSA) is 42.7 Å². The summed E-state index contributed by atoms with van der Waals surface area (Å²) in [5, 5.41) is 9.10. The fourth-order valence-corrected chi connectivity index (χ4v) is 3.68. The zero-order valence-electron chi connectivity index (χ0n) is 16.8. The van der Waals surface area contributed by atoms with Crippen molar-refractivity contribution < 1.29 is 13.2 Å². The van der Waals surface area contributed by atoms with Gasteiger partial charge in [-0.2, -0.15) is 18.3 Å². The Balaban J connectivity index is 1.95. The van der Waals surface area contributed by atoms with Gasteiger partial charge in [-0.3, -0.25) is 4.68 Å². The summed E-state index contributed by atoms with van der Waals surface area (Å²) in [4.78, 5) is 4.43. The van der Waals surface area contributed by atoms with Gasteiger partial charge in [-0.25, -0.2) is 4.98 Å². The van der Waals surface area contributed by atoms with Gasteiger partial charge in [-0.1, -0.05) is 20.4 Å². The predicted octanol–water partition coefficient (Wildman–Crippen LogP) is 5.19. The number of pyridine rings is 1. The molecule has 3 heterocycles. The van der Waals surface area contributed by atoms with Crippen molar-refractivity contribution in [3.8, 4) is 0 Å². The van der Waals surface area contributed by atoms with E-state index in [4.69, 9.17) is 0 Å². The molecule has 1 aliphatic rings. The number of allylic oxidation sites excluding steroid dienone is 3. The molecule has 0 amide bonds. The van der Waals surface area contributed by atoms with Crippen LogP contribution in [-0.2, 0) is 6.54 Å². The number of aromatic nitrogens is 3. The van der Waals surface area contributed by atoms with Gasteiger partial charge in [-0.05, 0) is 55.0 Å². The molecule has 156 valence electrons. The van der Waals surface area contributed by atoms with Gasteiger partial charge in [0.2, 0.25) is 0 Å². The summed E-state index contributed by atoms with van der Waals surface area (Å²) >= 11 is 0. The molecule has 2 aromatic rings. The molecule has 3 rings (SSSR count). The van der Waals surface area contributed by atoms with Gasteiger partial charge >= 0.3 is 6.18 Å². The van der Waals surface area contributed by atoms with Crippen LogP contribution in [0.1, 0.15) is 49.7 Å². The molecule has 0 radical (unpaired) electrons.